The van der Waals surface area contributed by atoms with Crippen molar-refractivity contribution in [3.05, 3.63) is 66.4 Å². The number of imidazole rings is 1. The number of rotatable bonds is 6. The van der Waals surface area contributed by atoms with Crippen molar-refractivity contribution in [2.24, 2.45) is 0 Å². The van der Waals surface area contributed by atoms with Gasteiger partial charge in [-0.15, -0.1) is 0 Å². The highest BCUT2D eigenvalue weighted by Crippen LogP contribution is 2.29. The van der Waals surface area contributed by atoms with E-state index in [1.54, 1.807) is 61.9 Å². The zero-order chi connectivity index (χ0) is 18.5. The molecule has 1 unspecified atom stereocenters. The number of carbonyl (C=O) groups excluding carboxylic acids is 1. The molecule has 0 bridgehead atoms. The summed E-state index contributed by atoms with van der Waals surface area (Å²) in [6.07, 6.45) is 6.66. The van der Waals surface area contributed by atoms with Gasteiger partial charge in [0.2, 0.25) is 0 Å². The number of carbonyl (C=O) groups is 1. The Morgan fingerprint density at radius 1 is 1.19 bits per heavy atom. The molecule has 2 heterocycles. The molecule has 0 spiro atoms. The highest BCUT2D eigenvalue weighted by molar-refractivity contribution is 5.94. The highest BCUT2D eigenvalue weighted by Gasteiger charge is 2.16. The lowest BCUT2D eigenvalue weighted by Crippen LogP contribution is -2.27. The summed E-state index contributed by atoms with van der Waals surface area (Å²) in [6, 6.07) is 8.77. The van der Waals surface area contributed by atoms with Crippen LogP contribution in [0.3, 0.4) is 0 Å². The predicted molar refractivity (Wildman–Crippen MR) is 96.8 cm³/mol. The first-order valence-electron chi connectivity index (χ1n) is 8.09. The van der Waals surface area contributed by atoms with Crippen LogP contribution < -0.4 is 14.8 Å². The van der Waals surface area contributed by atoms with E-state index in [0.717, 1.165) is 5.56 Å². The van der Waals surface area contributed by atoms with Gasteiger partial charge in [-0.05, 0) is 31.2 Å². The van der Waals surface area contributed by atoms with E-state index >= 15 is 0 Å². The molecule has 0 fully saturated rings. The molecule has 2 aromatic heterocycles. The number of ether oxygens (including phenoxy) is 2. The Morgan fingerprint density at radius 3 is 2.65 bits per heavy atom. The molecular formula is C19H20N4O3. The quantitative estimate of drug-likeness (QED) is 0.738. The van der Waals surface area contributed by atoms with Gasteiger partial charge in [-0.25, -0.2) is 9.97 Å². The average Bonchev–Trinajstić information content (AvgIpc) is 3.22. The molecule has 134 valence electrons. The van der Waals surface area contributed by atoms with Crippen LogP contribution in [0.25, 0.3) is 5.82 Å². The summed E-state index contributed by atoms with van der Waals surface area (Å²) in [6.45, 7) is 1.90. The first-order valence-corrected chi connectivity index (χ1v) is 8.09. The monoisotopic (exact) mass is 352 g/mol. The van der Waals surface area contributed by atoms with E-state index in [9.17, 15) is 4.79 Å². The summed E-state index contributed by atoms with van der Waals surface area (Å²) in [5.74, 6) is 1.85. The van der Waals surface area contributed by atoms with E-state index in [1.807, 2.05) is 19.1 Å². The van der Waals surface area contributed by atoms with Crippen molar-refractivity contribution in [2.75, 3.05) is 14.2 Å². The fraction of sp³-hybridized carbons (Fsp3) is 0.211. The Balaban J connectivity index is 1.73. The molecular weight excluding hydrogens is 332 g/mol. The lowest BCUT2D eigenvalue weighted by Gasteiger charge is -2.18. The number of hydrogen-bond acceptors (Lipinski definition) is 5. The van der Waals surface area contributed by atoms with Gasteiger partial charge in [0.1, 0.15) is 23.6 Å². The van der Waals surface area contributed by atoms with Gasteiger partial charge in [0.05, 0.1) is 25.8 Å². The Morgan fingerprint density at radius 2 is 2.04 bits per heavy atom. The van der Waals surface area contributed by atoms with Crippen molar-refractivity contribution in [1.82, 2.24) is 19.9 Å². The molecule has 1 atom stereocenters. The van der Waals surface area contributed by atoms with Gasteiger partial charge in [0.25, 0.3) is 5.91 Å². The molecule has 0 aliphatic heterocycles. The second-order valence-electron chi connectivity index (χ2n) is 5.68. The van der Waals surface area contributed by atoms with Gasteiger partial charge >= 0.3 is 0 Å². The normalized spacial score (nSPS) is 11.7. The Kier molecular flexibility index (Phi) is 5.17. The molecule has 0 saturated carbocycles. The van der Waals surface area contributed by atoms with Crippen molar-refractivity contribution in [1.29, 1.82) is 0 Å². The van der Waals surface area contributed by atoms with Crippen LogP contribution in [0.5, 0.6) is 11.5 Å². The molecule has 3 rings (SSSR count). The molecule has 0 radical (unpaired) electrons. The number of hydrogen-bond donors (Lipinski definition) is 1. The lowest BCUT2D eigenvalue weighted by molar-refractivity contribution is 0.0939. The Bertz CT molecular complexity index is 876. The molecule has 3 aromatic rings. The number of aromatic nitrogens is 3. The fourth-order valence-corrected chi connectivity index (χ4v) is 2.60. The fourth-order valence-electron chi connectivity index (χ4n) is 2.60. The molecule has 1 amide bonds. The molecule has 0 saturated heterocycles. The number of amides is 1. The zero-order valence-electron chi connectivity index (χ0n) is 14.8. The van der Waals surface area contributed by atoms with Crippen LogP contribution in [0.4, 0.5) is 0 Å². The van der Waals surface area contributed by atoms with Crippen molar-refractivity contribution >= 4 is 5.91 Å². The van der Waals surface area contributed by atoms with Gasteiger partial charge in [0, 0.05) is 30.2 Å². The summed E-state index contributed by atoms with van der Waals surface area (Å²) < 4.78 is 12.4. The van der Waals surface area contributed by atoms with Crippen LogP contribution in [-0.4, -0.2) is 34.7 Å². The Labute approximate surface area is 151 Å². The first-order chi connectivity index (χ1) is 12.6. The molecule has 1 N–H and O–H groups in total. The second-order valence-corrected chi connectivity index (χ2v) is 5.68. The van der Waals surface area contributed by atoms with E-state index in [2.05, 4.69) is 15.3 Å². The van der Waals surface area contributed by atoms with Gasteiger partial charge in [-0.1, -0.05) is 0 Å². The van der Waals surface area contributed by atoms with Crippen LogP contribution >= 0.6 is 0 Å². The minimum atomic E-state index is -0.239. The summed E-state index contributed by atoms with van der Waals surface area (Å²) in [5, 5.41) is 2.96. The number of methoxy groups -OCH3 is 2. The van der Waals surface area contributed by atoms with E-state index < -0.39 is 0 Å². The summed E-state index contributed by atoms with van der Waals surface area (Å²) in [5.41, 5.74) is 1.35. The third-order valence-electron chi connectivity index (χ3n) is 4.03. The maximum absolute atomic E-state index is 12.5. The zero-order valence-corrected chi connectivity index (χ0v) is 14.8. The van der Waals surface area contributed by atoms with Crippen LogP contribution in [0.1, 0.15) is 28.9 Å². The predicted octanol–water partition coefficient (Wildman–Crippen LogP) is 2.78. The smallest absolute Gasteiger partial charge is 0.253 e. The van der Waals surface area contributed by atoms with Gasteiger partial charge in [0.15, 0.2) is 0 Å². The highest BCUT2D eigenvalue weighted by atomic mass is 16.5. The summed E-state index contributed by atoms with van der Waals surface area (Å²) >= 11 is 0. The number of benzene rings is 1. The number of pyridine rings is 1. The average molecular weight is 352 g/mol. The minimum absolute atomic E-state index is 0.208. The van der Waals surface area contributed by atoms with Crippen molar-refractivity contribution in [3.8, 4) is 17.3 Å². The van der Waals surface area contributed by atoms with Crippen LogP contribution in [0.15, 0.2) is 55.2 Å². The molecule has 26 heavy (non-hydrogen) atoms. The van der Waals surface area contributed by atoms with Gasteiger partial charge in [-0.3, -0.25) is 9.36 Å². The Hall–Kier alpha value is -3.35. The van der Waals surface area contributed by atoms with Crippen LogP contribution in [0.2, 0.25) is 0 Å². The van der Waals surface area contributed by atoms with Crippen molar-refractivity contribution in [3.63, 3.8) is 0 Å². The summed E-state index contributed by atoms with van der Waals surface area (Å²) in [7, 11) is 3.19. The van der Waals surface area contributed by atoms with E-state index in [4.69, 9.17) is 9.47 Å². The first kappa shape index (κ1) is 17.5. The van der Waals surface area contributed by atoms with E-state index in [1.165, 1.54) is 0 Å². The molecule has 1 aromatic carbocycles. The topological polar surface area (TPSA) is 78.3 Å². The maximum Gasteiger partial charge on any atom is 0.253 e. The minimum Gasteiger partial charge on any atom is -0.497 e. The molecule has 0 aliphatic rings. The molecule has 7 nitrogen and oxygen atoms in total. The van der Waals surface area contributed by atoms with Gasteiger partial charge in [-0.2, -0.15) is 0 Å². The third kappa shape index (κ3) is 3.66. The van der Waals surface area contributed by atoms with Crippen LogP contribution in [0, 0.1) is 0 Å². The second kappa shape index (κ2) is 7.69. The molecule has 7 heteroatoms. The lowest BCUT2D eigenvalue weighted by atomic mass is 10.1. The van der Waals surface area contributed by atoms with E-state index in [-0.39, 0.29) is 11.9 Å². The standard InChI is InChI=1S/C19H20N4O3/c1-13(16-6-5-15(25-2)10-17(16)26-3)22-19(24)14-4-7-18(21-11-14)23-9-8-20-12-23/h4-13H,1-3H3,(H,22,24). The molecule has 0 aliphatic carbocycles. The van der Waals surface area contributed by atoms with Crippen molar-refractivity contribution in [2.45, 2.75) is 13.0 Å². The number of nitrogens with zero attached hydrogens (tertiary/aromatic N) is 3. The van der Waals surface area contributed by atoms with Crippen molar-refractivity contribution < 1.29 is 14.3 Å². The maximum atomic E-state index is 12.5. The largest absolute Gasteiger partial charge is 0.497 e. The number of nitrogens with one attached hydrogen (secondary N) is 1. The summed E-state index contributed by atoms with van der Waals surface area (Å²) in [4.78, 5) is 20.8. The van der Waals surface area contributed by atoms with Crippen LogP contribution in [-0.2, 0) is 0 Å². The van der Waals surface area contributed by atoms with E-state index in [0.29, 0.717) is 22.9 Å². The van der Waals surface area contributed by atoms with Gasteiger partial charge < -0.3 is 14.8 Å². The SMILES string of the molecule is COc1ccc(C(C)NC(=O)c2ccc(-n3ccnc3)nc2)c(OC)c1. The third-order valence-corrected chi connectivity index (χ3v) is 4.03.